The molecule has 5 nitrogen and oxygen atoms in total. The summed E-state index contributed by atoms with van der Waals surface area (Å²) in [5.41, 5.74) is 1.22. The van der Waals surface area contributed by atoms with Gasteiger partial charge < -0.3 is 9.73 Å². The lowest BCUT2D eigenvalue weighted by Crippen LogP contribution is -2.48. The summed E-state index contributed by atoms with van der Waals surface area (Å²) >= 11 is 1.34. The molecule has 1 aromatic carbocycles. The highest BCUT2D eigenvalue weighted by atomic mass is 32.2. The first-order chi connectivity index (χ1) is 13.6. The van der Waals surface area contributed by atoms with Crippen molar-refractivity contribution in [1.29, 1.82) is 0 Å². The maximum absolute atomic E-state index is 12.3. The standard InChI is InChI=1S/C22H27N3O2S/c1-14(18-5-3-2-4-6-18)23-19(26)13-28-21-25-24-20(27-21)22-10-15-7-16(11-22)9-17(8-15)12-22/h2-6,14-17H,7-13H2,1H3,(H,23,26)/t14-,15?,16?,17?,22?/m1/s1. The van der Waals surface area contributed by atoms with Crippen LogP contribution in [-0.2, 0) is 10.2 Å². The predicted octanol–water partition coefficient (Wildman–Crippen LogP) is 4.51. The molecule has 148 valence electrons. The molecule has 1 N–H and O–H groups in total. The van der Waals surface area contributed by atoms with Crippen molar-refractivity contribution in [2.24, 2.45) is 17.8 Å². The van der Waals surface area contributed by atoms with Crippen molar-refractivity contribution in [3.8, 4) is 0 Å². The first-order valence-electron chi connectivity index (χ1n) is 10.4. The normalized spacial score (nSPS) is 31.7. The highest BCUT2D eigenvalue weighted by Gasteiger charge is 2.54. The Hall–Kier alpha value is -1.82. The zero-order valence-corrected chi connectivity index (χ0v) is 17.1. The molecule has 4 aliphatic rings. The van der Waals surface area contributed by atoms with Crippen LogP contribution in [0.5, 0.6) is 0 Å². The van der Waals surface area contributed by atoms with Crippen LogP contribution in [0.25, 0.3) is 0 Å². The van der Waals surface area contributed by atoms with Crippen molar-refractivity contribution < 1.29 is 9.21 Å². The maximum atomic E-state index is 12.3. The van der Waals surface area contributed by atoms with Gasteiger partial charge in [0.1, 0.15) is 0 Å². The Labute approximate surface area is 170 Å². The largest absolute Gasteiger partial charge is 0.415 e. The third kappa shape index (κ3) is 3.47. The Balaban J connectivity index is 1.19. The van der Waals surface area contributed by atoms with Gasteiger partial charge in [0.25, 0.3) is 5.22 Å². The minimum absolute atomic E-state index is 0.0143. The fourth-order valence-corrected chi connectivity index (χ4v) is 6.66. The Morgan fingerprint density at radius 2 is 1.79 bits per heavy atom. The van der Waals surface area contributed by atoms with Gasteiger partial charge in [-0.25, -0.2) is 0 Å². The number of nitrogens with one attached hydrogen (secondary N) is 1. The van der Waals surface area contributed by atoms with E-state index in [-0.39, 0.29) is 17.4 Å². The number of amides is 1. The number of hydrogen-bond donors (Lipinski definition) is 1. The van der Waals surface area contributed by atoms with Crippen molar-refractivity contribution in [2.45, 2.75) is 62.1 Å². The van der Waals surface area contributed by atoms with Crippen LogP contribution in [0, 0.1) is 17.8 Å². The molecule has 1 atom stereocenters. The molecule has 0 aliphatic heterocycles. The minimum atomic E-state index is -0.0177. The Morgan fingerprint density at radius 1 is 1.14 bits per heavy atom. The van der Waals surface area contributed by atoms with Crippen LogP contribution in [0.1, 0.15) is 62.9 Å². The summed E-state index contributed by atoms with van der Waals surface area (Å²) in [6, 6.07) is 9.97. The molecule has 6 rings (SSSR count). The van der Waals surface area contributed by atoms with Gasteiger partial charge in [0, 0.05) is 5.41 Å². The first kappa shape index (κ1) is 18.2. The Morgan fingerprint density at radius 3 is 2.43 bits per heavy atom. The average Bonchev–Trinajstić information content (AvgIpc) is 3.16. The van der Waals surface area contributed by atoms with E-state index >= 15 is 0 Å². The van der Waals surface area contributed by atoms with E-state index in [0.29, 0.717) is 11.0 Å². The maximum Gasteiger partial charge on any atom is 0.277 e. The Bertz CT molecular complexity index is 815. The van der Waals surface area contributed by atoms with Crippen LogP contribution in [0.4, 0.5) is 0 Å². The van der Waals surface area contributed by atoms with Crippen molar-refractivity contribution in [1.82, 2.24) is 15.5 Å². The predicted molar refractivity (Wildman–Crippen MR) is 108 cm³/mol. The SMILES string of the molecule is C[C@@H](NC(=O)CSc1nnc(C23CC4CC(CC(C4)C2)C3)o1)c1ccccc1. The number of thioether (sulfide) groups is 1. The number of carbonyl (C=O) groups is 1. The summed E-state index contributed by atoms with van der Waals surface area (Å²) in [4.78, 5) is 12.3. The summed E-state index contributed by atoms with van der Waals surface area (Å²) in [6.45, 7) is 2.00. The number of rotatable bonds is 6. The molecule has 0 saturated heterocycles. The number of nitrogens with zero attached hydrogens (tertiary/aromatic N) is 2. The van der Waals surface area contributed by atoms with Crippen LogP contribution in [0.2, 0.25) is 0 Å². The molecule has 0 unspecified atom stereocenters. The molecule has 6 heteroatoms. The molecule has 4 bridgehead atoms. The number of hydrogen-bond acceptors (Lipinski definition) is 5. The lowest BCUT2D eigenvalue weighted by atomic mass is 9.49. The fraction of sp³-hybridized carbons (Fsp3) is 0.591. The second-order valence-electron chi connectivity index (χ2n) is 9.06. The lowest BCUT2D eigenvalue weighted by molar-refractivity contribution is -0.119. The van der Waals surface area contributed by atoms with Gasteiger partial charge in [0.15, 0.2) is 0 Å². The third-order valence-corrected chi connectivity index (χ3v) is 7.72. The molecular weight excluding hydrogens is 370 g/mol. The summed E-state index contributed by atoms with van der Waals surface area (Å²) < 4.78 is 6.07. The van der Waals surface area contributed by atoms with Crippen LogP contribution in [0.15, 0.2) is 40.0 Å². The van der Waals surface area contributed by atoms with E-state index in [4.69, 9.17) is 4.42 Å². The summed E-state index contributed by atoms with van der Waals surface area (Å²) in [5.74, 6) is 3.64. The monoisotopic (exact) mass is 397 g/mol. The van der Waals surface area contributed by atoms with Gasteiger partial charge in [-0.2, -0.15) is 0 Å². The van der Waals surface area contributed by atoms with Crippen LogP contribution >= 0.6 is 11.8 Å². The van der Waals surface area contributed by atoms with Crippen molar-refractivity contribution in [3.05, 3.63) is 41.8 Å². The van der Waals surface area contributed by atoms with Crippen LogP contribution in [0.3, 0.4) is 0 Å². The fourth-order valence-electron chi connectivity index (χ4n) is 6.09. The molecule has 0 radical (unpaired) electrons. The first-order valence-corrected chi connectivity index (χ1v) is 11.4. The third-order valence-electron chi connectivity index (χ3n) is 6.90. The molecule has 28 heavy (non-hydrogen) atoms. The van der Waals surface area contributed by atoms with Gasteiger partial charge in [-0.05, 0) is 68.8 Å². The summed E-state index contributed by atoms with van der Waals surface area (Å²) in [6.07, 6.45) is 7.82. The quantitative estimate of drug-likeness (QED) is 0.727. The van der Waals surface area contributed by atoms with Gasteiger partial charge >= 0.3 is 0 Å². The summed E-state index contributed by atoms with van der Waals surface area (Å²) in [5, 5.41) is 12.2. The molecule has 4 fully saturated rings. The highest BCUT2D eigenvalue weighted by Crippen LogP contribution is 2.60. The Kier molecular flexibility index (Phi) is 4.69. The number of carbonyl (C=O) groups excluding carboxylic acids is 1. The van der Waals surface area contributed by atoms with E-state index in [1.54, 1.807) is 0 Å². The zero-order valence-electron chi connectivity index (χ0n) is 16.3. The zero-order chi connectivity index (χ0) is 19.1. The van der Waals surface area contributed by atoms with E-state index in [2.05, 4.69) is 15.5 Å². The topological polar surface area (TPSA) is 68.0 Å². The van der Waals surface area contributed by atoms with E-state index in [1.807, 2.05) is 37.3 Å². The van der Waals surface area contributed by atoms with Gasteiger partial charge in [-0.15, -0.1) is 10.2 Å². The van der Waals surface area contributed by atoms with Crippen molar-refractivity contribution in [2.75, 3.05) is 5.75 Å². The van der Waals surface area contributed by atoms with E-state index in [9.17, 15) is 4.79 Å². The van der Waals surface area contributed by atoms with Crippen LogP contribution in [-0.4, -0.2) is 21.9 Å². The molecule has 4 aliphatic carbocycles. The van der Waals surface area contributed by atoms with Gasteiger partial charge in [-0.1, -0.05) is 42.1 Å². The second-order valence-corrected chi connectivity index (χ2v) is 9.99. The van der Waals surface area contributed by atoms with Crippen molar-refractivity contribution in [3.63, 3.8) is 0 Å². The van der Waals surface area contributed by atoms with Gasteiger partial charge in [-0.3, -0.25) is 4.79 Å². The van der Waals surface area contributed by atoms with Crippen molar-refractivity contribution >= 4 is 17.7 Å². The van der Waals surface area contributed by atoms with E-state index in [1.165, 1.54) is 50.3 Å². The lowest BCUT2D eigenvalue weighted by Gasteiger charge is -2.55. The highest BCUT2D eigenvalue weighted by molar-refractivity contribution is 7.99. The van der Waals surface area contributed by atoms with Gasteiger partial charge in [0.2, 0.25) is 11.8 Å². The molecule has 0 spiro atoms. The second kappa shape index (κ2) is 7.21. The minimum Gasteiger partial charge on any atom is -0.415 e. The number of benzene rings is 1. The molecular formula is C22H27N3O2S. The molecule has 2 aromatic rings. The summed E-state index contributed by atoms with van der Waals surface area (Å²) in [7, 11) is 0. The average molecular weight is 398 g/mol. The molecule has 1 heterocycles. The molecule has 4 saturated carbocycles. The van der Waals surface area contributed by atoms with Gasteiger partial charge in [0.05, 0.1) is 11.8 Å². The number of aromatic nitrogens is 2. The smallest absolute Gasteiger partial charge is 0.277 e. The molecule has 1 aromatic heterocycles. The molecule has 1 amide bonds. The van der Waals surface area contributed by atoms with E-state index in [0.717, 1.165) is 29.2 Å². The van der Waals surface area contributed by atoms with E-state index < -0.39 is 0 Å². The van der Waals surface area contributed by atoms with Crippen LogP contribution < -0.4 is 5.32 Å².